The number of halogens is 3. The van der Waals surface area contributed by atoms with Crippen LogP contribution in [0.25, 0.3) is 6.08 Å². The van der Waals surface area contributed by atoms with E-state index < -0.39 is 6.36 Å². The number of phenols is 1. The Morgan fingerprint density at radius 3 is 2.65 bits per heavy atom. The first-order valence-electron chi connectivity index (χ1n) is 6.75. The molecule has 0 saturated carbocycles. The number of carbonyl (C=O) groups excluding carboxylic acids is 1. The Morgan fingerprint density at radius 1 is 1.13 bits per heavy atom. The minimum Gasteiger partial charge on any atom is -0.508 e. The number of ether oxygens (including phenoxy) is 1. The summed E-state index contributed by atoms with van der Waals surface area (Å²) in [6.45, 7) is 0. The van der Waals surface area contributed by atoms with Gasteiger partial charge in [0.15, 0.2) is 5.78 Å². The van der Waals surface area contributed by atoms with Gasteiger partial charge in [0, 0.05) is 17.6 Å². The monoisotopic (exact) mass is 320 g/mol. The van der Waals surface area contributed by atoms with Crippen LogP contribution in [0, 0.1) is 0 Å². The molecule has 3 rings (SSSR count). The molecule has 0 heterocycles. The number of ketones is 1. The highest BCUT2D eigenvalue weighted by atomic mass is 19.4. The van der Waals surface area contributed by atoms with Gasteiger partial charge in [-0.15, -0.1) is 13.2 Å². The van der Waals surface area contributed by atoms with Crippen LogP contribution in [-0.2, 0) is 6.42 Å². The predicted molar refractivity (Wildman–Crippen MR) is 77.2 cm³/mol. The zero-order valence-corrected chi connectivity index (χ0v) is 11.7. The maximum Gasteiger partial charge on any atom is 0.573 e. The third kappa shape index (κ3) is 3.36. The van der Waals surface area contributed by atoms with Crippen LogP contribution in [0.1, 0.15) is 21.5 Å². The molecule has 1 N–H and O–H groups in total. The molecular weight excluding hydrogens is 309 g/mol. The standard InChI is InChI=1S/C17H11F3O3/c18-17(19,20)23-14-3-1-2-10(7-14)6-12-8-11-4-5-13(21)9-15(11)16(12)22/h1-7,9,21H,8H2/b12-6+. The zero-order chi connectivity index (χ0) is 16.6. The molecule has 118 valence electrons. The van der Waals surface area contributed by atoms with Crippen LogP contribution in [-0.4, -0.2) is 17.3 Å². The van der Waals surface area contributed by atoms with E-state index in [1.807, 2.05) is 0 Å². The summed E-state index contributed by atoms with van der Waals surface area (Å²) < 4.78 is 40.6. The van der Waals surface area contributed by atoms with E-state index in [0.29, 0.717) is 23.1 Å². The Morgan fingerprint density at radius 2 is 1.91 bits per heavy atom. The predicted octanol–water partition coefficient (Wildman–Crippen LogP) is 4.11. The van der Waals surface area contributed by atoms with Gasteiger partial charge in [-0.1, -0.05) is 18.2 Å². The van der Waals surface area contributed by atoms with Gasteiger partial charge in [-0.3, -0.25) is 4.79 Å². The Hall–Kier alpha value is -2.76. The molecule has 0 fully saturated rings. The molecule has 0 saturated heterocycles. The third-order valence-electron chi connectivity index (χ3n) is 3.44. The Balaban J connectivity index is 1.89. The van der Waals surface area contributed by atoms with E-state index in [2.05, 4.69) is 4.74 Å². The van der Waals surface area contributed by atoms with Crippen LogP contribution >= 0.6 is 0 Å². The smallest absolute Gasteiger partial charge is 0.508 e. The molecule has 0 spiro atoms. The SMILES string of the molecule is O=C1/C(=C/c2cccc(OC(F)(F)F)c2)Cc2ccc(O)cc21. The van der Waals surface area contributed by atoms with E-state index in [9.17, 15) is 23.1 Å². The lowest BCUT2D eigenvalue weighted by Crippen LogP contribution is -2.17. The largest absolute Gasteiger partial charge is 0.573 e. The second-order valence-corrected chi connectivity index (χ2v) is 5.14. The molecule has 0 radical (unpaired) electrons. The number of benzene rings is 2. The van der Waals surface area contributed by atoms with Crippen molar-refractivity contribution in [1.29, 1.82) is 0 Å². The second-order valence-electron chi connectivity index (χ2n) is 5.14. The number of alkyl halides is 3. The molecule has 0 bridgehead atoms. The van der Waals surface area contributed by atoms with Crippen molar-refractivity contribution in [2.45, 2.75) is 12.8 Å². The minimum atomic E-state index is -4.76. The molecular formula is C17H11F3O3. The van der Waals surface area contributed by atoms with Crippen LogP contribution < -0.4 is 4.74 Å². The number of fused-ring (bicyclic) bond motifs is 1. The fraction of sp³-hybridized carbons (Fsp3) is 0.118. The molecule has 0 amide bonds. The first-order valence-corrected chi connectivity index (χ1v) is 6.75. The molecule has 1 aliphatic carbocycles. The van der Waals surface area contributed by atoms with Gasteiger partial charge >= 0.3 is 6.36 Å². The van der Waals surface area contributed by atoms with Gasteiger partial charge in [0.05, 0.1) is 0 Å². The first kappa shape index (κ1) is 15.1. The van der Waals surface area contributed by atoms with Gasteiger partial charge < -0.3 is 9.84 Å². The maximum absolute atomic E-state index is 12.3. The lowest BCUT2D eigenvalue weighted by molar-refractivity contribution is -0.274. The number of aromatic hydroxyl groups is 1. The van der Waals surface area contributed by atoms with Crippen LogP contribution in [0.2, 0.25) is 0 Å². The highest BCUT2D eigenvalue weighted by Gasteiger charge is 2.31. The molecule has 0 unspecified atom stereocenters. The van der Waals surface area contributed by atoms with E-state index in [0.717, 1.165) is 5.56 Å². The highest BCUT2D eigenvalue weighted by Crippen LogP contribution is 2.31. The summed E-state index contributed by atoms with van der Waals surface area (Å²) in [5.74, 6) is -0.579. The van der Waals surface area contributed by atoms with Crippen LogP contribution in [0.4, 0.5) is 13.2 Å². The molecule has 0 atom stereocenters. The molecule has 0 aliphatic heterocycles. The van der Waals surface area contributed by atoms with Gasteiger partial charge in [-0.05, 0) is 41.5 Å². The summed E-state index contributed by atoms with van der Waals surface area (Å²) in [5, 5.41) is 9.44. The fourth-order valence-electron chi connectivity index (χ4n) is 2.51. The Labute approximate surface area is 129 Å². The number of carbonyl (C=O) groups is 1. The topological polar surface area (TPSA) is 46.5 Å². The Kier molecular flexibility index (Phi) is 3.60. The van der Waals surface area contributed by atoms with E-state index in [1.54, 1.807) is 12.1 Å². The zero-order valence-electron chi connectivity index (χ0n) is 11.7. The fourth-order valence-corrected chi connectivity index (χ4v) is 2.51. The van der Waals surface area contributed by atoms with E-state index >= 15 is 0 Å². The molecule has 6 heteroatoms. The van der Waals surface area contributed by atoms with Crippen molar-refractivity contribution in [3.05, 3.63) is 64.7 Å². The summed E-state index contributed by atoms with van der Waals surface area (Å²) in [5.41, 5.74) is 2.09. The average molecular weight is 320 g/mol. The van der Waals surface area contributed by atoms with Crippen molar-refractivity contribution in [2.24, 2.45) is 0 Å². The maximum atomic E-state index is 12.3. The highest BCUT2D eigenvalue weighted by molar-refractivity contribution is 6.15. The summed E-state index contributed by atoms with van der Waals surface area (Å²) in [7, 11) is 0. The van der Waals surface area contributed by atoms with Crippen molar-refractivity contribution in [2.75, 3.05) is 0 Å². The quantitative estimate of drug-likeness (QED) is 0.847. The van der Waals surface area contributed by atoms with Crippen LogP contribution in [0.5, 0.6) is 11.5 Å². The van der Waals surface area contributed by atoms with Crippen LogP contribution in [0.3, 0.4) is 0 Å². The first-order chi connectivity index (χ1) is 10.8. The normalized spacial score (nSPS) is 15.8. The van der Waals surface area contributed by atoms with Gasteiger partial charge in [-0.25, -0.2) is 0 Å². The molecule has 1 aliphatic rings. The van der Waals surface area contributed by atoms with Crippen molar-refractivity contribution in [3.8, 4) is 11.5 Å². The van der Waals surface area contributed by atoms with E-state index in [1.165, 1.54) is 36.4 Å². The lowest BCUT2D eigenvalue weighted by Gasteiger charge is -2.09. The lowest BCUT2D eigenvalue weighted by atomic mass is 10.1. The van der Waals surface area contributed by atoms with Crippen molar-refractivity contribution >= 4 is 11.9 Å². The van der Waals surface area contributed by atoms with Crippen LogP contribution in [0.15, 0.2) is 48.0 Å². The Bertz CT molecular complexity index is 807. The summed E-state index contributed by atoms with van der Waals surface area (Å²) in [4.78, 5) is 12.3. The third-order valence-corrected chi connectivity index (χ3v) is 3.44. The molecule has 2 aromatic carbocycles. The van der Waals surface area contributed by atoms with E-state index in [4.69, 9.17) is 0 Å². The molecule has 0 aromatic heterocycles. The number of hydrogen-bond donors (Lipinski definition) is 1. The molecule has 3 nitrogen and oxygen atoms in total. The second kappa shape index (κ2) is 5.46. The van der Waals surface area contributed by atoms with Crippen molar-refractivity contribution in [1.82, 2.24) is 0 Å². The molecule has 23 heavy (non-hydrogen) atoms. The number of rotatable bonds is 2. The van der Waals surface area contributed by atoms with Crippen molar-refractivity contribution < 1.29 is 27.8 Å². The number of hydrogen-bond acceptors (Lipinski definition) is 3. The van der Waals surface area contributed by atoms with E-state index in [-0.39, 0.29) is 17.3 Å². The number of allylic oxidation sites excluding steroid dienone is 1. The minimum absolute atomic E-state index is 0.000996. The van der Waals surface area contributed by atoms with Gasteiger partial charge in [-0.2, -0.15) is 0 Å². The number of phenolic OH excluding ortho intramolecular Hbond substituents is 1. The van der Waals surface area contributed by atoms with Gasteiger partial charge in [0.1, 0.15) is 11.5 Å². The van der Waals surface area contributed by atoms with Gasteiger partial charge in [0.25, 0.3) is 0 Å². The average Bonchev–Trinajstić information content (AvgIpc) is 2.74. The summed E-state index contributed by atoms with van der Waals surface area (Å²) in [6.07, 6.45) is -2.86. The van der Waals surface area contributed by atoms with Crippen molar-refractivity contribution in [3.63, 3.8) is 0 Å². The molecule has 2 aromatic rings. The number of Topliss-reactive ketones (excluding diaryl/α,β-unsaturated/α-hetero) is 1. The summed E-state index contributed by atoms with van der Waals surface area (Å²) in [6, 6.07) is 9.96. The van der Waals surface area contributed by atoms with Gasteiger partial charge in [0.2, 0.25) is 0 Å². The summed E-state index contributed by atoms with van der Waals surface area (Å²) >= 11 is 0.